The van der Waals surface area contributed by atoms with Crippen LogP contribution in [0.4, 0.5) is 5.69 Å². The van der Waals surface area contributed by atoms with Crippen LogP contribution in [0.3, 0.4) is 0 Å². The maximum Gasteiger partial charge on any atom is 0.228 e. The van der Waals surface area contributed by atoms with Crippen molar-refractivity contribution in [3.63, 3.8) is 0 Å². The number of hydrogen-bond donors (Lipinski definition) is 1. The monoisotopic (exact) mass is 466 g/mol. The lowest BCUT2D eigenvalue weighted by Gasteiger charge is -2.21. The molecule has 1 aliphatic heterocycles. The highest BCUT2D eigenvalue weighted by Crippen LogP contribution is 2.41. The second-order valence-corrected chi connectivity index (χ2v) is 10.5. The summed E-state index contributed by atoms with van der Waals surface area (Å²) in [6, 6.07) is 20.8. The summed E-state index contributed by atoms with van der Waals surface area (Å²) >= 11 is 3.72. The second kappa shape index (κ2) is 11.5. The molecule has 0 radical (unpaired) electrons. The molecule has 0 saturated heterocycles. The molecule has 1 amide bonds. The number of aryl methyl sites for hydroxylation is 1. The number of thioether (sulfide) groups is 1. The predicted molar refractivity (Wildman–Crippen MR) is 135 cm³/mol. The van der Waals surface area contributed by atoms with Gasteiger partial charge in [0.05, 0.1) is 9.90 Å². The van der Waals surface area contributed by atoms with Crippen molar-refractivity contribution < 1.29 is 9.53 Å². The van der Waals surface area contributed by atoms with Crippen LogP contribution < -0.4 is 15.0 Å². The molecule has 0 unspecified atom stereocenters. The molecule has 0 bridgehead atoms. The molecule has 2 aromatic carbocycles. The smallest absolute Gasteiger partial charge is 0.228 e. The van der Waals surface area contributed by atoms with Crippen LogP contribution in [0.1, 0.15) is 28.8 Å². The van der Waals surface area contributed by atoms with E-state index < -0.39 is 0 Å². The van der Waals surface area contributed by atoms with Gasteiger partial charge in [-0.1, -0.05) is 42.5 Å². The van der Waals surface area contributed by atoms with Gasteiger partial charge >= 0.3 is 0 Å². The lowest BCUT2D eigenvalue weighted by molar-refractivity contribution is -0.118. The maximum atomic E-state index is 13.0. The molecule has 0 saturated carbocycles. The highest BCUT2D eigenvalue weighted by atomic mass is 32.2. The zero-order valence-corrected chi connectivity index (χ0v) is 20.1. The summed E-state index contributed by atoms with van der Waals surface area (Å²) < 4.78 is 7.04. The highest BCUT2D eigenvalue weighted by Gasteiger charge is 2.23. The predicted octanol–water partition coefficient (Wildman–Crippen LogP) is 5.53. The summed E-state index contributed by atoms with van der Waals surface area (Å²) in [6.45, 7) is 4.84. The van der Waals surface area contributed by atoms with Crippen LogP contribution in [-0.4, -0.2) is 37.9 Å². The van der Waals surface area contributed by atoms with Crippen molar-refractivity contribution in [3.8, 4) is 5.75 Å². The molecule has 1 N–H and O–H groups in total. The van der Waals surface area contributed by atoms with Gasteiger partial charge < -0.3 is 15.0 Å². The lowest BCUT2D eigenvalue weighted by atomic mass is 10.1. The first-order chi connectivity index (χ1) is 15.7. The van der Waals surface area contributed by atoms with Gasteiger partial charge in [0, 0.05) is 43.1 Å². The summed E-state index contributed by atoms with van der Waals surface area (Å²) in [5.41, 5.74) is 3.61. The molecule has 0 fully saturated rings. The van der Waals surface area contributed by atoms with Crippen molar-refractivity contribution >= 4 is 34.7 Å². The van der Waals surface area contributed by atoms with Crippen LogP contribution in [-0.2, 0) is 11.2 Å². The first kappa shape index (κ1) is 22.9. The maximum absolute atomic E-state index is 13.0. The largest absolute Gasteiger partial charge is 0.492 e. The number of amides is 1. The minimum atomic E-state index is 0.199. The fourth-order valence-corrected chi connectivity index (χ4v) is 6.26. The third-order valence-electron chi connectivity index (χ3n) is 5.36. The van der Waals surface area contributed by atoms with Crippen LogP contribution >= 0.6 is 23.1 Å². The van der Waals surface area contributed by atoms with Crippen LogP contribution in [0.15, 0.2) is 64.9 Å². The Bertz CT molecular complexity index is 1020. The van der Waals surface area contributed by atoms with Gasteiger partial charge in [0.1, 0.15) is 12.4 Å². The molecule has 1 aromatic heterocycles. The van der Waals surface area contributed by atoms with E-state index in [2.05, 4.69) is 48.6 Å². The number of carbonyl (C=O) groups is 1. The molecule has 32 heavy (non-hydrogen) atoms. The summed E-state index contributed by atoms with van der Waals surface area (Å²) in [5, 5.41) is 3.34. The summed E-state index contributed by atoms with van der Waals surface area (Å²) in [7, 11) is 0. The zero-order valence-electron chi connectivity index (χ0n) is 18.5. The number of carbonyl (C=O) groups excluding carboxylic acids is 1. The number of rotatable bonds is 9. The van der Waals surface area contributed by atoms with Gasteiger partial charge in [-0.25, -0.2) is 0 Å². The van der Waals surface area contributed by atoms with Crippen molar-refractivity contribution in [1.82, 2.24) is 5.32 Å². The van der Waals surface area contributed by atoms with Gasteiger partial charge in [0.15, 0.2) is 0 Å². The third-order valence-corrected chi connectivity index (χ3v) is 7.84. The number of ether oxygens (including phenoxy) is 1. The number of anilines is 1. The average molecular weight is 467 g/mol. The van der Waals surface area contributed by atoms with Gasteiger partial charge in [0.25, 0.3) is 0 Å². The van der Waals surface area contributed by atoms with E-state index >= 15 is 0 Å². The molecule has 0 atom stereocenters. The first-order valence-corrected chi connectivity index (χ1v) is 13.0. The Balaban J connectivity index is 1.27. The molecule has 6 heteroatoms. The highest BCUT2D eigenvalue weighted by molar-refractivity contribution is 8.01. The van der Waals surface area contributed by atoms with E-state index in [9.17, 15) is 4.79 Å². The molecule has 0 aliphatic carbocycles. The van der Waals surface area contributed by atoms with Crippen molar-refractivity contribution in [2.45, 2.75) is 30.4 Å². The number of nitrogens with zero attached hydrogens (tertiary/aromatic N) is 1. The van der Waals surface area contributed by atoms with E-state index in [1.165, 1.54) is 20.2 Å². The van der Waals surface area contributed by atoms with E-state index in [0.29, 0.717) is 19.6 Å². The van der Waals surface area contributed by atoms with E-state index in [1.807, 2.05) is 52.3 Å². The number of nitrogens with one attached hydrogen (secondary N) is 1. The average Bonchev–Trinajstić information content (AvgIpc) is 3.08. The number of hydrogen-bond acceptors (Lipinski definition) is 5. The molecule has 3 aromatic rings. The standard InChI is InChI=1S/C26H30N2O2S2/c1-20-7-5-10-22(17-20)30-15-13-27-12-11-25(29)28-14-6-16-31-26-24(28)19-23(32-26)18-21-8-3-2-4-9-21/h2-5,7-10,17,19,27H,6,11-16,18H2,1H3. The van der Waals surface area contributed by atoms with Crippen molar-refractivity contribution in [2.75, 3.05) is 36.9 Å². The Hall–Kier alpha value is -2.28. The summed E-state index contributed by atoms with van der Waals surface area (Å²) in [6.07, 6.45) is 2.45. The molecule has 1 aliphatic rings. The van der Waals surface area contributed by atoms with Gasteiger partial charge in [-0.05, 0) is 42.7 Å². The lowest BCUT2D eigenvalue weighted by Crippen LogP contribution is -2.34. The van der Waals surface area contributed by atoms with Crippen LogP contribution in [0, 0.1) is 6.92 Å². The van der Waals surface area contributed by atoms with Crippen LogP contribution in [0.5, 0.6) is 5.75 Å². The third kappa shape index (κ3) is 6.37. The number of benzene rings is 2. The Morgan fingerprint density at radius 2 is 1.97 bits per heavy atom. The second-order valence-electron chi connectivity index (χ2n) is 7.96. The molecule has 0 spiro atoms. The Morgan fingerprint density at radius 3 is 2.81 bits per heavy atom. The Labute approximate surface area is 199 Å². The molecule has 168 valence electrons. The Kier molecular flexibility index (Phi) is 8.26. The molecule has 4 rings (SSSR count). The van der Waals surface area contributed by atoms with E-state index in [-0.39, 0.29) is 5.91 Å². The minimum Gasteiger partial charge on any atom is -0.492 e. The van der Waals surface area contributed by atoms with Gasteiger partial charge in [-0.2, -0.15) is 0 Å². The topological polar surface area (TPSA) is 41.6 Å². The molecular weight excluding hydrogens is 436 g/mol. The van der Waals surface area contributed by atoms with E-state index in [1.54, 1.807) is 0 Å². The van der Waals surface area contributed by atoms with Crippen molar-refractivity contribution in [3.05, 3.63) is 76.7 Å². The number of fused-ring (bicyclic) bond motifs is 1. The SMILES string of the molecule is Cc1cccc(OCCNCCC(=O)N2CCCSc3sc(Cc4ccccc4)cc32)c1. The van der Waals surface area contributed by atoms with E-state index in [4.69, 9.17) is 4.74 Å². The fourth-order valence-electron chi connectivity index (χ4n) is 3.76. The van der Waals surface area contributed by atoms with Gasteiger partial charge in [0.2, 0.25) is 5.91 Å². The first-order valence-electron chi connectivity index (χ1n) is 11.2. The van der Waals surface area contributed by atoms with E-state index in [0.717, 1.165) is 43.1 Å². The van der Waals surface area contributed by atoms with Crippen molar-refractivity contribution in [2.24, 2.45) is 0 Å². The van der Waals surface area contributed by atoms with Crippen molar-refractivity contribution in [1.29, 1.82) is 0 Å². The normalized spacial score (nSPS) is 13.5. The summed E-state index contributed by atoms with van der Waals surface area (Å²) in [4.78, 5) is 16.3. The molecule has 2 heterocycles. The Morgan fingerprint density at radius 1 is 1.09 bits per heavy atom. The zero-order chi connectivity index (χ0) is 22.2. The van der Waals surface area contributed by atoms with Crippen LogP contribution in [0.25, 0.3) is 0 Å². The van der Waals surface area contributed by atoms with Crippen LogP contribution in [0.2, 0.25) is 0 Å². The number of thiophene rings is 1. The summed E-state index contributed by atoms with van der Waals surface area (Å²) in [5.74, 6) is 2.16. The fraction of sp³-hybridized carbons (Fsp3) is 0.346. The molecular formula is C26H30N2O2S2. The molecule has 4 nitrogen and oxygen atoms in total. The van der Waals surface area contributed by atoms with Gasteiger partial charge in [-0.15, -0.1) is 23.1 Å². The minimum absolute atomic E-state index is 0.199. The quantitative estimate of drug-likeness (QED) is 0.421. The van der Waals surface area contributed by atoms with Gasteiger partial charge in [-0.3, -0.25) is 4.79 Å².